The van der Waals surface area contributed by atoms with E-state index in [4.69, 9.17) is 20.3 Å². The van der Waals surface area contributed by atoms with Crippen molar-refractivity contribution < 1.29 is 62.5 Å². The number of benzene rings is 4. The lowest BCUT2D eigenvalue weighted by Gasteiger charge is -2.28. The second-order valence-electron chi connectivity index (χ2n) is 17.4. The van der Waals surface area contributed by atoms with Crippen molar-refractivity contribution in [1.82, 2.24) is 36.0 Å². The number of carbonyl (C=O) groups excluding carboxylic acids is 9. The van der Waals surface area contributed by atoms with E-state index in [1.54, 1.807) is 115 Å². The number of nitrogens with one attached hydrogen (secondary N) is 4. The second-order valence-corrected chi connectivity index (χ2v) is 17.4. The first-order valence-corrected chi connectivity index (χ1v) is 23.7. The van der Waals surface area contributed by atoms with Crippen molar-refractivity contribution in [3.05, 3.63) is 144 Å². The topological polar surface area (TPSA) is 293 Å². The van der Waals surface area contributed by atoms with Gasteiger partial charge >= 0.3 is 17.9 Å². The number of esters is 2. The third-order valence-corrected chi connectivity index (χ3v) is 11.4. The predicted octanol–water partition coefficient (Wildman–Crippen LogP) is 0.877. The van der Waals surface area contributed by atoms with Crippen LogP contribution in [0, 0.1) is 0 Å². The molecule has 21 nitrogen and oxygen atoms in total. The van der Waals surface area contributed by atoms with Crippen molar-refractivity contribution in [1.29, 1.82) is 0 Å². The molecule has 21 heteroatoms. The van der Waals surface area contributed by atoms with Crippen LogP contribution in [0.15, 0.2) is 121 Å². The smallest absolute Gasteiger partial charge is 0.323 e. The zero-order valence-electron chi connectivity index (χ0n) is 41.6. The molecule has 4 atom stereocenters. The van der Waals surface area contributed by atoms with Crippen LogP contribution >= 0.6 is 0 Å². The summed E-state index contributed by atoms with van der Waals surface area (Å²) in [5, 5.41) is 19.3. The molecule has 0 unspecified atom stereocenters. The minimum Gasteiger partial charge on any atom is -0.480 e. The van der Waals surface area contributed by atoms with Crippen molar-refractivity contribution in [3.8, 4) is 0 Å². The van der Waals surface area contributed by atoms with Gasteiger partial charge in [-0.05, 0) is 35.1 Å². The maximum atomic E-state index is 14.2. The SMILES string of the molecule is CN(CC(=O)O)C(=O)CN(C)C(=O)CN(C)C(=O)[C@H](Cc1ccccc1)NC(=O)[C@H](Cc1ccccc1)NC(=O)CNC(=O)[C@H](CCC(=O)OCc1ccccc1)NC(=O)[C@@H](N)CCC(=O)OCc1ccccc1. The van der Waals surface area contributed by atoms with Crippen molar-refractivity contribution in [2.45, 2.75) is 75.9 Å². The number of hydrogen-bond donors (Lipinski definition) is 6. The number of aliphatic carboxylic acids is 1. The summed E-state index contributed by atoms with van der Waals surface area (Å²) in [5.41, 5.74) is 8.89. The number of rotatable bonds is 29. The molecule has 0 aromatic heterocycles. The third-order valence-electron chi connectivity index (χ3n) is 11.4. The summed E-state index contributed by atoms with van der Waals surface area (Å²) in [7, 11) is 3.93. The number of nitrogens with two attached hydrogens (primary N) is 1. The molecule has 394 valence electrons. The average molecular weight is 1020 g/mol. The molecule has 0 aliphatic rings. The van der Waals surface area contributed by atoms with Crippen molar-refractivity contribution in [2.24, 2.45) is 5.73 Å². The molecule has 0 bridgehead atoms. The van der Waals surface area contributed by atoms with E-state index in [2.05, 4.69) is 21.3 Å². The van der Waals surface area contributed by atoms with Crippen molar-refractivity contribution in [3.63, 3.8) is 0 Å². The van der Waals surface area contributed by atoms with Gasteiger partial charge < -0.3 is 56.3 Å². The molecular weight excluding hydrogens is 957 g/mol. The second kappa shape index (κ2) is 30.4. The molecule has 4 aromatic carbocycles. The summed E-state index contributed by atoms with van der Waals surface area (Å²) in [6, 6.07) is 29.9. The maximum Gasteiger partial charge on any atom is 0.323 e. The summed E-state index contributed by atoms with van der Waals surface area (Å²) in [6.45, 7) is -2.27. The van der Waals surface area contributed by atoms with Gasteiger partial charge in [-0.1, -0.05) is 121 Å². The predicted molar refractivity (Wildman–Crippen MR) is 269 cm³/mol. The van der Waals surface area contributed by atoms with E-state index in [0.29, 0.717) is 11.1 Å². The van der Waals surface area contributed by atoms with E-state index >= 15 is 0 Å². The molecule has 0 spiro atoms. The zero-order valence-corrected chi connectivity index (χ0v) is 41.6. The quantitative estimate of drug-likeness (QED) is 0.0412. The van der Waals surface area contributed by atoms with Crippen LogP contribution in [0.4, 0.5) is 0 Å². The zero-order chi connectivity index (χ0) is 54.0. The number of carbonyl (C=O) groups is 10. The Morgan fingerprint density at radius 3 is 1.41 bits per heavy atom. The Bertz CT molecular complexity index is 2520. The monoisotopic (exact) mass is 1020 g/mol. The summed E-state index contributed by atoms with van der Waals surface area (Å²) < 4.78 is 10.6. The first kappa shape index (κ1) is 58.1. The Labute approximate surface area is 429 Å². The standard InChI is InChI=1S/C53H64N8O13/c1-59(31-45(63)60(2)33-47(65)66)46(64)32-61(3)53(72)43(29-37-18-10-5-11-19-37)58-52(71)42(28-36-16-8-4-9-17-36)56-44(62)30-55-51(70)41(25-27-49(68)74-35-39-22-14-7-15-23-39)57-50(69)40(54)24-26-48(67)73-34-38-20-12-6-13-21-38/h4-23,40-43H,24-35,54H2,1-3H3,(H,55,70)(H,56,62)(H,57,69)(H,58,71)(H,65,66)/t40-,41-,42-,43-/m0/s1. The fourth-order valence-electron chi connectivity index (χ4n) is 7.12. The lowest BCUT2D eigenvalue weighted by molar-refractivity contribution is -0.146. The molecule has 0 saturated heterocycles. The highest BCUT2D eigenvalue weighted by molar-refractivity contribution is 5.96. The van der Waals surface area contributed by atoms with Crippen LogP contribution in [0.2, 0.25) is 0 Å². The van der Waals surface area contributed by atoms with Crippen LogP contribution in [0.1, 0.15) is 47.9 Å². The molecule has 0 saturated carbocycles. The van der Waals surface area contributed by atoms with Crippen LogP contribution < -0.4 is 27.0 Å². The fraction of sp³-hybridized carbons (Fsp3) is 0.358. The van der Waals surface area contributed by atoms with Gasteiger partial charge in [0.05, 0.1) is 25.7 Å². The van der Waals surface area contributed by atoms with E-state index < -0.39 is 110 Å². The molecule has 0 radical (unpaired) electrons. The molecule has 0 aliphatic heterocycles. The Hall–Kier alpha value is -8.46. The normalized spacial score (nSPS) is 12.3. The number of amides is 7. The van der Waals surface area contributed by atoms with Gasteiger partial charge in [0.1, 0.15) is 37.9 Å². The van der Waals surface area contributed by atoms with Crippen LogP contribution in [-0.4, -0.2) is 151 Å². The number of ether oxygens (including phenoxy) is 2. The minimum absolute atomic E-state index is 0.0221. The molecule has 74 heavy (non-hydrogen) atoms. The number of carboxylic acids is 1. The molecular formula is C53H64N8O13. The molecule has 4 rings (SSSR count). The van der Waals surface area contributed by atoms with Gasteiger partial charge in [0.2, 0.25) is 41.4 Å². The van der Waals surface area contributed by atoms with Crippen LogP contribution in [-0.2, 0) is 83.5 Å². The Balaban J connectivity index is 1.45. The van der Waals surface area contributed by atoms with E-state index in [0.717, 1.165) is 25.8 Å². The summed E-state index contributed by atoms with van der Waals surface area (Å²) in [5.74, 6) is -7.82. The van der Waals surface area contributed by atoms with Crippen LogP contribution in [0.5, 0.6) is 0 Å². The van der Waals surface area contributed by atoms with E-state index in [1.165, 1.54) is 21.1 Å². The van der Waals surface area contributed by atoms with Gasteiger partial charge in [-0.2, -0.15) is 0 Å². The molecule has 0 heterocycles. The number of carboxylic acid groups (broad SMARTS) is 1. The van der Waals surface area contributed by atoms with Gasteiger partial charge in [-0.15, -0.1) is 0 Å². The number of likely N-dealkylation sites (N-methyl/N-ethyl adjacent to an activating group) is 3. The highest BCUT2D eigenvalue weighted by atomic mass is 16.5. The van der Waals surface area contributed by atoms with Crippen LogP contribution in [0.25, 0.3) is 0 Å². The van der Waals surface area contributed by atoms with Gasteiger partial charge in [0.15, 0.2) is 0 Å². The van der Waals surface area contributed by atoms with Gasteiger partial charge in [-0.25, -0.2) is 0 Å². The lowest BCUT2D eigenvalue weighted by Crippen LogP contribution is -2.57. The van der Waals surface area contributed by atoms with E-state index in [-0.39, 0.29) is 51.7 Å². The number of nitrogens with zero attached hydrogens (tertiary/aromatic N) is 3. The van der Waals surface area contributed by atoms with Crippen LogP contribution in [0.3, 0.4) is 0 Å². The van der Waals surface area contributed by atoms with Gasteiger partial charge in [0, 0.05) is 46.8 Å². The molecule has 7 N–H and O–H groups in total. The summed E-state index contributed by atoms with van der Waals surface area (Å²) in [4.78, 5) is 134. The number of hydrogen-bond acceptors (Lipinski definition) is 13. The Morgan fingerprint density at radius 1 is 0.500 bits per heavy atom. The molecule has 0 aliphatic carbocycles. The fourth-order valence-corrected chi connectivity index (χ4v) is 7.12. The minimum atomic E-state index is -1.41. The highest BCUT2D eigenvalue weighted by Gasteiger charge is 2.31. The van der Waals surface area contributed by atoms with Gasteiger partial charge in [-0.3, -0.25) is 47.9 Å². The average Bonchev–Trinajstić information content (AvgIpc) is 3.39. The van der Waals surface area contributed by atoms with Gasteiger partial charge in [0.25, 0.3) is 0 Å². The molecule has 0 fully saturated rings. The summed E-state index contributed by atoms with van der Waals surface area (Å²) in [6.07, 6.45) is -1.04. The largest absolute Gasteiger partial charge is 0.480 e. The first-order chi connectivity index (χ1) is 35.4. The Kier molecular flexibility index (Phi) is 23.9. The maximum absolute atomic E-state index is 14.2. The summed E-state index contributed by atoms with van der Waals surface area (Å²) >= 11 is 0. The molecule has 4 aromatic rings. The lowest BCUT2D eigenvalue weighted by atomic mass is 10.0. The Morgan fingerprint density at radius 2 is 0.919 bits per heavy atom. The van der Waals surface area contributed by atoms with Crippen molar-refractivity contribution >= 4 is 59.3 Å². The van der Waals surface area contributed by atoms with E-state index in [1.807, 2.05) is 6.07 Å². The van der Waals surface area contributed by atoms with Crippen molar-refractivity contribution in [2.75, 3.05) is 47.3 Å². The molecule has 7 amide bonds. The highest BCUT2D eigenvalue weighted by Crippen LogP contribution is 2.11. The third kappa shape index (κ3) is 21.1. The first-order valence-electron chi connectivity index (χ1n) is 23.7. The van der Waals surface area contributed by atoms with E-state index in [9.17, 15) is 47.9 Å².